The third-order valence-corrected chi connectivity index (χ3v) is 1.87. The summed E-state index contributed by atoms with van der Waals surface area (Å²) >= 11 is 0. The molecular formula is C11H16O6. The number of esters is 2. The van der Waals surface area contributed by atoms with Crippen LogP contribution in [-0.2, 0) is 19.1 Å². The predicted octanol–water partition coefficient (Wildman–Crippen LogP) is -0.443. The second-order valence-electron chi connectivity index (χ2n) is 3.09. The van der Waals surface area contributed by atoms with Crippen molar-refractivity contribution < 1.29 is 29.3 Å². The van der Waals surface area contributed by atoms with Gasteiger partial charge < -0.3 is 19.7 Å². The zero-order valence-electron chi connectivity index (χ0n) is 9.37. The summed E-state index contributed by atoms with van der Waals surface area (Å²) in [6, 6.07) is 0. The molecule has 0 aromatic heterocycles. The van der Waals surface area contributed by atoms with Crippen LogP contribution in [0.25, 0.3) is 0 Å². The lowest BCUT2D eigenvalue weighted by molar-refractivity contribution is -0.154. The molecule has 6 heteroatoms. The van der Waals surface area contributed by atoms with E-state index in [-0.39, 0.29) is 13.0 Å². The minimum absolute atomic E-state index is 0.0369. The number of aliphatic hydroxyl groups is 2. The maximum atomic E-state index is 10.9. The van der Waals surface area contributed by atoms with Crippen molar-refractivity contribution in [1.29, 1.82) is 0 Å². The standard InChI is InChI=1S/C11H16O6/c1-3-10(14)16-6-5-8(13)9(7-12)17-11(15)4-2/h3-4,8-9,12-13H,1-2,5-7H2. The number of ether oxygens (including phenoxy) is 2. The number of carbonyl (C=O) groups excluding carboxylic acids is 2. The SMILES string of the molecule is C=CC(=O)OCCC(O)C(CO)OC(=O)C=C. The lowest BCUT2D eigenvalue weighted by atomic mass is 10.1. The third-order valence-electron chi connectivity index (χ3n) is 1.87. The number of aliphatic hydroxyl groups excluding tert-OH is 2. The molecular weight excluding hydrogens is 228 g/mol. The summed E-state index contributed by atoms with van der Waals surface area (Å²) in [5, 5.41) is 18.5. The first kappa shape index (κ1) is 15.3. The van der Waals surface area contributed by atoms with Crippen LogP contribution >= 0.6 is 0 Å². The minimum Gasteiger partial charge on any atom is -0.462 e. The molecule has 0 aliphatic rings. The van der Waals surface area contributed by atoms with Crippen molar-refractivity contribution in [2.24, 2.45) is 0 Å². The Morgan fingerprint density at radius 2 is 1.82 bits per heavy atom. The molecule has 0 rings (SSSR count). The molecule has 0 heterocycles. The highest BCUT2D eigenvalue weighted by Gasteiger charge is 2.21. The molecule has 96 valence electrons. The number of hydrogen-bond donors (Lipinski definition) is 2. The Morgan fingerprint density at radius 3 is 2.29 bits per heavy atom. The fourth-order valence-electron chi connectivity index (χ4n) is 0.960. The van der Waals surface area contributed by atoms with Crippen LogP contribution in [0.5, 0.6) is 0 Å². The maximum absolute atomic E-state index is 10.9. The van der Waals surface area contributed by atoms with Gasteiger partial charge in [-0.25, -0.2) is 9.59 Å². The summed E-state index contributed by atoms with van der Waals surface area (Å²) in [5.74, 6) is -1.35. The normalized spacial score (nSPS) is 13.3. The maximum Gasteiger partial charge on any atom is 0.330 e. The van der Waals surface area contributed by atoms with Gasteiger partial charge in [0.05, 0.1) is 19.3 Å². The fourth-order valence-corrected chi connectivity index (χ4v) is 0.960. The third kappa shape index (κ3) is 6.49. The van der Waals surface area contributed by atoms with E-state index in [9.17, 15) is 14.7 Å². The van der Waals surface area contributed by atoms with E-state index in [4.69, 9.17) is 5.11 Å². The molecule has 2 unspecified atom stereocenters. The number of carbonyl (C=O) groups is 2. The minimum atomic E-state index is -1.12. The van der Waals surface area contributed by atoms with Crippen molar-refractivity contribution in [2.45, 2.75) is 18.6 Å². The summed E-state index contributed by atoms with van der Waals surface area (Å²) in [7, 11) is 0. The molecule has 0 amide bonds. The van der Waals surface area contributed by atoms with E-state index in [1.807, 2.05) is 0 Å². The van der Waals surface area contributed by atoms with Crippen LogP contribution < -0.4 is 0 Å². The van der Waals surface area contributed by atoms with Crippen molar-refractivity contribution in [3.8, 4) is 0 Å². The van der Waals surface area contributed by atoms with E-state index in [0.29, 0.717) is 0 Å². The van der Waals surface area contributed by atoms with Gasteiger partial charge in [0, 0.05) is 18.6 Å². The van der Waals surface area contributed by atoms with Gasteiger partial charge in [0.1, 0.15) is 0 Å². The molecule has 0 fully saturated rings. The van der Waals surface area contributed by atoms with Crippen LogP contribution in [0.15, 0.2) is 25.3 Å². The zero-order chi connectivity index (χ0) is 13.3. The smallest absolute Gasteiger partial charge is 0.330 e. The fraction of sp³-hybridized carbons (Fsp3) is 0.455. The van der Waals surface area contributed by atoms with Crippen molar-refractivity contribution in [1.82, 2.24) is 0 Å². The molecule has 0 saturated heterocycles. The quantitative estimate of drug-likeness (QED) is 0.444. The molecule has 0 radical (unpaired) electrons. The first-order valence-electron chi connectivity index (χ1n) is 4.96. The predicted molar refractivity (Wildman–Crippen MR) is 58.9 cm³/mol. The first-order valence-corrected chi connectivity index (χ1v) is 4.96. The number of rotatable bonds is 8. The van der Waals surface area contributed by atoms with Crippen molar-refractivity contribution in [2.75, 3.05) is 13.2 Å². The molecule has 2 atom stereocenters. The second kappa shape index (κ2) is 8.49. The van der Waals surface area contributed by atoms with Gasteiger partial charge in [-0.1, -0.05) is 13.2 Å². The van der Waals surface area contributed by atoms with Gasteiger partial charge in [0.15, 0.2) is 6.10 Å². The highest BCUT2D eigenvalue weighted by molar-refractivity contribution is 5.81. The summed E-state index contributed by atoms with van der Waals surface area (Å²) in [6.45, 7) is 5.80. The van der Waals surface area contributed by atoms with Gasteiger partial charge in [0.25, 0.3) is 0 Å². The molecule has 2 N–H and O–H groups in total. The van der Waals surface area contributed by atoms with E-state index in [1.54, 1.807) is 0 Å². The van der Waals surface area contributed by atoms with E-state index in [2.05, 4.69) is 22.6 Å². The van der Waals surface area contributed by atoms with Crippen LogP contribution in [0.4, 0.5) is 0 Å². The topological polar surface area (TPSA) is 93.1 Å². The first-order chi connectivity index (χ1) is 8.04. The zero-order valence-corrected chi connectivity index (χ0v) is 9.37. The Kier molecular flexibility index (Phi) is 7.66. The van der Waals surface area contributed by atoms with Crippen LogP contribution in [0.1, 0.15) is 6.42 Å². The largest absolute Gasteiger partial charge is 0.462 e. The number of hydrogen-bond acceptors (Lipinski definition) is 6. The molecule has 0 aliphatic carbocycles. The van der Waals surface area contributed by atoms with Gasteiger partial charge >= 0.3 is 11.9 Å². The van der Waals surface area contributed by atoms with E-state index in [1.165, 1.54) is 0 Å². The van der Waals surface area contributed by atoms with Crippen molar-refractivity contribution in [3.05, 3.63) is 25.3 Å². The summed E-state index contributed by atoms with van der Waals surface area (Å²) in [5.41, 5.74) is 0. The van der Waals surface area contributed by atoms with Crippen LogP contribution in [0.2, 0.25) is 0 Å². The Balaban J connectivity index is 4.03. The molecule has 0 saturated carbocycles. The molecule has 0 aliphatic heterocycles. The Bertz CT molecular complexity index is 286. The van der Waals surface area contributed by atoms with E-state index >= 15 is 0 Å². The average Bonchev–Trinajstić information content (AvgIpc) is 2.34. The molecule has 0 aromatic carbocycles. The average molecular weight is 244 g/mol. The van der Waals surface area contributed by atoms with Crippen LogP contribution in [0.3, 0.4) is 0 Å². The molecule has 0 aromatic rings. The Labute approximate surface area is 99.1 Å². The van der Waals surface area contributed by atoms with Crippen molar-refractivity contribution in [3.63, 3.8) is 0 Å². The van der Waals surface area contributed by atoms with Crippen molar-refractivity contribution >= 4 is 11.9 Å². The Morgan fingerprint density at radius 1 is 1.24 bits per heavy atom. The lowest BCUT2D eigenvalue weighted by Crippen LogP contribution is -2.35. The monoisotopic (exact) mass is 244 g/mol. The van der Waals surface area contributed by atoms with E-state index in [0.717, 1.165) is 12.2 Å². The summed E-state index contributed by atoms with van der Waals surface area (Å²) in [4.78, 5) is 21.5. The van der Waals surface area contributed by atoms with Crippen LogP contribution in [-0.4, -0.2) is 47.6 Å². The molecule has 6 nitrogen and oxygen atoms in total. The van der Waals surface area contributed by atoms with Gasteiger partial charge in [-0.3, -0.25) is 0 Å². The van der Waals surface area contributed by atoms with E-state index < -0.39 is 30.8 Å². The summed E-state index contributed by atoms with van der Waals surface area (Å²) < 4.78 is 9.31. The Hall–Kier alpha value is -1.66. The van der Waals surface area contributed by atoms with Gasteiger partial charge in [0.2, 0.25) is 0 Å². The second-order valence-corrected chi connectivity index (χ2v) is 3.09. The molecule has 0 bridgehead atoms. The van der Waals surface area contributed by atoms with Gasteiger partial charge in [-0.15, -0.1) is 0 Å². The highest BCUT2D eigenvalue weighted by Crippen LogP contribution is 2.05. The van der Waals surface area contributed by atoms with Gasteiger partial charge in [-0.05, 0) is 0 Å². The summed E-state index contributed by atoms with van der Waals surface area (Å²) in [6.07, 6.45) is -0.236. The highest BCUT2D eigenvalue weighted by atomic mass is 16.6. The molecule has 0 spiro atoms. The van der Waals surface area contributed by atoms with Crippen LogP contribution in [0, 0.1) is 0 Å². The lowest BCUT2D eigenvalue weighted by Gasteiger charge is -2.20. The molecule has 17 heavy (non-hydrogen) atoms. The van der Waals surface area contributed by atoms with Gasteiger partial charge in [-0.2, -0.15) is 0 Å².